The van der Waals surface area contributed by atoms with E-state index in [4.69, 9.17) is 4.98 Å². The number of carbonyl (C=O) groups is 1. The lowest BCUT2D eigenvalue weighted by Crippen LogP contribution is -2.50. The van der Waals surface area contributed by atoms with Gasteiger partial charge in [-0.3, -0.25) is 19.6 Å². The molecule has 2 aliphatic heterocycles. The molecule has 0 bridgehead atoms. The molecule has 2 saturated heterocycles. The minimum Gasteiger partial charge on any atom is -0.335 e. The van der Waals surface area contributed by atoms with Gasteiger partial charge in [0.15, 0.2) is 5.69 Å². The molecule has 0 N–H and O–H groups in total. The van der Waals surface area contributed by atoms with Crippen molar-refractivity contribution in [1.82, 2.24) is 34.0 Å². The predicted octanol–water partition coefficient (Wildman–Crippen LogP) is 2.39. The molecule has 180 valence electrons. The van der Waals surface area contributed by atoms with E-state index in [2.05, 4.69) is 44.2 Å². The number of piperazine rings is 1. The highest BCUT2D eigenvalue weighted by atomic mass is 16.2. The van der Waals surface area contributed by atoms with Crippen LogP contribution >= 0.6 is 0 Å². The van der Waals surface area contributed by atoms with Crippen LogP contribution in [0.3, 0.4) is 0 Å². The van der Waals surface area contributed by atoms with E-state index in [0.717, 1.165) is 82.2 Å². The number of hydrogen-bond acceptors (Lipinski definition) is 6. The molecular formula is C26H35N7O. The van der Waals surface area contributed by atoms with Gasteiger partial charge in [0.2, 0.25) is 0 Å². The van der Waals surface area contributed by atoms with E-state index in [-0.39, 0.29) is 11.9 Å². The molecule has 2 fully saturated rings. The predicted molar refractivity (Wildman–Crippen MR) is 133 cm³/mol. The van der Waals surface area contributed by atoms with Gasteiger partial charge in [0.1, 0.15) is 5.82 Å². The molecule has 2 aliphatic rings. The monoisotopic (exact) mass is 461 g/mol. The zero-order chi connectivity index (χ0) is 23.5. The average Bonchev–Trinajstić information content (AvgIpc) is 3.47. The van der Waals surface area contributed by atoms with Crippen LogP contribution in [0.15, 0.2) is 48.8 Å². The number of amides is 1. The van der Waals surface area contributed by atoms with Crippen LogP contribution in [0.4, 0.5) is 0 Å². The third-order valence-electron chi connectivity index (χ3n) is 7.05. The smallest absolute Gasteiger partial charge is 0.274 e. The molecule has 5 rings (SSSR count). The molecule has 0 aromatic carbocycles. The molecule has 0 unspecified atom stereocenters. The van der Waals surface area contributed by atoms with Crippen LogP contribution in [-0.2, 0) is 6.54 Å². The zero-order valence-corrected chi connectivity index (χ0v) is 20.3. The van der Waals surface area contributed by atoms with Crippen molar-refractivity contribution in [2.75, 3.05) is 59.9 Å². The molecule has 0 radical (unpaired) electrons. The Morgan fingerprint density at radius 2 is 1.88 bits per heavy atom. The molecule has 0 aliphatic carbocycles. The Bertz CT molecular complexity index is 1100. The lowest BCUT2D eigenvalue weighted by atomic mass is 10.2. The summed E-state index contributed by atoms with van der Waals surface area (Å²) in [6.45, 7) is 7.23. The topological polar surface area (TPSA) is 60.2 Å². The van der Waals surface area contributed by atoms with Crippen molar-refractivity contribution in [2.24, 2.45) is 0 Å². The number of carbonyl (C=O) groups excluding carboxylic acids is 1. The van der Waals surface area contributed by atoms with E-state index >= 15 is 0 Å². The minimum absolute atomic E-state index is 0.0523. The number of nitrogens with zero attached hydrogens (tertiary/aromatic N) is 7. The van der Waals surface area contributed by atoms with Crippen molar-refractivity contribution in [3.8, 4) is 0 Å². The second-order valence-electron chi connectivity index (χ2n) is 9.66. The molecule has 1 atom stereocenters. The first kappa shape index (κ1) is 23.0. The standard InChI is InChI=1S/C26H35N7O/c1-29(2)14-15-30-16-18-31(19-17-30)26(34)24-22-9-4-6-13-33(22)25(28-24)23-10-7-12-32(23)20-21-8-3-5-11-27-21/h3-6,8-9,11,13,23H,7,10,12,14-20H2,1-2H3/t23-/m1/s1. The molecule has 5 heterocycles. The summed E-state index contributed by atoms with van der Waals surface area (Å²) in [5.41, 5.74) is 2.56. The van der Waals surface area contributed by atoms with E-state index in [1.54, 1.807) is 0 Å². The van der Waals surface area contributed by atoms with E-state index in [1.165, 1.54) is 0 Å². The van der Waals surface area contributed by atoms with E-state index in [1.807, 2.05) is 47.6 Å². The van der Waals surface area contributed by atoms with Crippen molar-refractivity contribution >= 4 is 11.4 Å². The summed E-state index contributed by atoms with van der Waals surface area (Å²) in [6.07, 6.45) is 6.06. The van der Waals surface area contributed by atoms with Crippen LogP contribution in [0.25, 0.3) is 5.52 Å². The fourth-order valence-corrected chi connectivity index (χ4v) is 5.13. The number of aromatic nitrogens is 3. The van der Waals surface area contributed by atoms with Crippen molar-refractivity contribution < 1.29 is 4.79 Å². The summed E-state index contributed by atoms with van der Waals surface area (Å²) in [6, 6.07) is 12.3. The van der Waals surface area contributed by atoms with Crippen LogP contribution in [0.1, 0.15) is 40.9 Å². The van der Waals surface area contributed by atoms with Gasteiger partial charge < -0.3 is 14.2 Å². The highest BCUT2D eigenvalue weighted by Gasteiger charge is 2.33. The van der Waals surface area contributed by atoms with Crippen molar-refractivity contribution in [2.45, 2.75) is 25.4 Å². The number of rotatable bonds is 7. The highest BCUT2D eigenvalue weighted by molar-refractivity contribution is 5.99. The van der Waals surface area contributed by atoms with Gasteiger partial charge in [-0.25, -0.2) is 4.98 Å². The summed E-state index contributed by atoms with van der Waals surface area (Å²) in [7, 11) is 4.20. The molecule has 1 amide bonds. The summed E-state index contributed by atoms with van der Waals surface area (Å²) < 4.78 is 2.13. The van der Waals surface area contributed by atoms with Gasteiger partial charge in [0.05, 0.1) is 17.3 Å². The summed E-state index contributed by atoms with van der Waals surface area (Å²) in [5.74, 6) is 1.02. The second-order valence-corrected chi connectivity index (χ2v) is 9.66. The fraction of sp³-hybridized carbons (Fsp3) is 0.500. The first-order chi connectivity index (χ1) is 16.6. The Kier molecular flexibility index (Phi) is 6.89. The molecular weight excluding hydrogens is 426 g/mol. The normalized spacial score (nSPS) is 20.0. The minimum atomic E-state index is 0.0523. The Labute approximate surface area is 201 Å². The van der Waals surface area contributed by atoms with Crippen molar-refractivity contribution in [3.63, 3.8) is 0 Å². The maximum absolute atomic E-state index is 13.6. The molecule has 3 aromatic heterocycles. The Hall–Kier alpha value is -2.81. The third-order valence-corrected chi connectivity index (χ3v) is 7.05. The van der Waals surface area contributed by atoms with E-state index < -0.39 is 0 Å². The van der Waals surface area contributed by atoms with E-state index in [9.17, 15) is 4.79 Å². The van der Waals surface area contributed by atoms with Crippen molar-refractivity contribution in [1.29, 1.82) is 0 Å². The van der Waals surface area contributed by atoms with Gasteiger partial charge in [-0.2, -0.15) is 0 Å². The van der Waals surface area contributed by atoms with Crippen LogP contribution in [-0.4, -0.2) is 99.8 Å². The number of fused-ring (bicyclic) bond motifs is 1. The quantitative estimate of drug-likeness (QED) is 0.539. The summed E-state index contributed by atoms with van der Waals surface area (Å²) >= 11 is 0. The molecule has 0 spiro atoms. The first-order valence-electron chi connectivity index (χ1n) is 12.4. The third kappa shape index (κ3) is 4.85. The first-order valence-corrected chi connectivity index (χ1v) is 12.4. The van der Waals surface area contributed by atoms with Crippen molar-refractivity contribution in [3.05, 3.63) is 66.0 Å². The van der Waals surface area contributed by atoms with Crippen LogP contribution in [0, 0.1) is 0 Å². The largest absolute Gasteiger partial charge is 0.335 e. The lowest BCUT2D eigenvalue weighted by molar-refractivity contribution is 0.0626. The molecule has 8 heteroatoms. The highest BCUT2D eigenvalue weighted by Crippen LogP contribution is 2.33. The Morgan fingerprint density at radius 3 is 2.65 bits per heavy atom. The molecule has 3 aromatic rings. The average molecular weight is 462 g/mol. The Balaban J connectivity index is 1.35. The number of pyridine rings is 2. The number of likely N-dealkylation sites (tertiary alicyclic amines) is 1. The van der Waals surface area contributed by atoms with Crippen LogP contribution < -0.4 is 0 Å². The van der Waals surface area contributed by atoms with Gasteiger partial charge in [0, 0.05) is 58.2 Å². The number of likely N-dealkylation sites (N-methyl/N-ethyl adjacent to an activating group) is 1. The SMILES string of the molecule is CN(C)CCN1CCN(C(=O)c2nc([C@H]3CCCN3Cc3ccccn3)n3ccccc23)CC1. The van der Waals surface area contributed by atoms with Gasteiger partial charge in [-0.1, -0.05) is 12.1 Å². The van der Waals surface area contributed by atoms with Gasteiger partial charge >= 0.3 is 0 Å². The lowest BCUT2D eigenvalue weighted by Gasteiger charge is -2.34. The number of hydrogen-bond donors (Lipinski definition) is 0. The number of imidazole rings is 1. The van der Waals surface area contributed by atoms with E-state index in [0.29, 0.717) is 5.69 Å². The zero-order valence-electron chi connectivity index (χ0n) is 20.3. The summed E-state index contributed by atoms with van der Waals surface area (Å²) in [5, 5.41) is 0. The van der Waals surface area contributed by atoms with Crippen LogP contribution in [0.2, 0.25) is 0 Å². The maximum Gasteiger partial charge on any atom is 0.274 e. The maximum atomic E-state index is 13.6. The van der Waals surface area contributed by atoms with Gasteiger partial charge in [-0.15, -0.1) is 0 Å². The molecule has 0 saturated carbocycles. The second kappa shape index (κ2) is 10.2. The summed E-state index contributed by atoms with van der Waals surface area (Å²) in [4.78, 5) is 32.2. The molecule has 8 nitrogen and oxygen atoms in total. The van der Waals surface area contributed by atoms with Gasteiger partial charge in [0.25, 0.3) is 5.91 Å². The van der Waals surface area contributed by atoms with Gasteiger partial charge in [-0.05, 0) is 57.7 Å². The fourth-order valence-electron chi connectivity index (χ4n) is 5.13. The Morgan fingerprint density at radius 1 is 1.06 bits per heavy atom. The van der Waals surface area contributed by atoms with Crippen LogP contribution in [0.5, 0.6) is 0 Å². The molecule has 34 heavy (non-hydrogen) atoms.